The molecule has 0 atom stereocenters. The lowest BCUT2D eigenvalue weighted by Gasteiger charge is -2.12. The van der Waals surface area contributed by atoms with Crippen LogP contribution in [0.25, 0.3) is 5.69 Å². The van der Waals surface area contributed by atoms with Crippen LogP contribution in [0.4, 0.5) is 5.69 Å². The number of nitrogens with one attached hydrogen (secondary N) is 1. The van der Waals surface area contributed by atoms with Crippen molar-refractivity contribution in [3.8, 4) is 11.4 Å². The maximum Gasteiger partial charge on any atom is 0.255 e. The van der Waals surface area contributed by atoms with Crippen molar-refractivity contribution in [2.75, 3.05) is 12.4 Å². The van der Waals surface area contributed by atoms with Gasteiger partial charge in [-0.15, -0.1) is 0 Å². The molecule has 1 aromatic heterocycles. The van der Waals surface area contributed by atoms with Crippen LogP contribution in [0.2, 0.25) is 0 Å². The highest BCUT2D eigenvalue weighted by atomic mass is 16.5. The van der Waals surface area contributed by atoms with Gasteiger partial charge in [-0.3, -0.25) is 4.79 Å². The van der Waals surface area contributed by atoms with E-state index < -0.39 is 0 Å². The number of ether oxygens (including phenoxy) is 1. The Morgan fingerprint density at radius 1 is 0.955 bits per heavy atom. The van der Waals surface area contributed by atoms with E-state index in [1.54, 1.807) is 31.4 Å². The first-order chi connectivity index (χ1) is 10.8. The number of nitrogens with zero attached hydrogens (tertiary/aromatic N) is 1. The predicted octanol–water partition coefficient (Wildman–Crippen LogP) is 3.74. The molecule has 0 aliphatic heterocycles. The zero-order chi connectivity index (χ0) is 15.4. The highest BCUT2D eigenvalue weighted by molar-refractivity contribution is 6.05. The van der Waals surface area contributed by atoms with E-state index in [9.17, 15) is 4.79 Å². The first kappa shape index (κ1) is 13.9. The molecule has 0 aliphatic rings. The second-order valence-corrected chi connectivity index (χ2v) is 4.79. The molecule has 0 unspecified atom stereocenters. The third-order valence-corrected chi connectivity index (χ3v) is 3.39. The van der Waals surface area contributed by atoms with Crippen LogP contribution in [0.3, 0.4) is 0 Å². The average molecular weight is 292 g/mol. The van der Waals surface area contributed by atoms with Gasteiger partial charge in [-0.1, -0.05) is 12.1 Å². The molecule has 1 N–H and O–H groups in total. The Morgan fingerprint density at radius 2 is 1.64 bits per heavy atom. The number of amides is 1. The van der Waals surface area contributed by atoms with Gasteiger partial charge < -0.3 is 14.6 Å². The molecule has 0 bridgehead atoms. The van der Waals surface area contributed by atoms with Gasteiger partial charge in [-0.25, -0.2) is 0 Å². The van der Waals surface area contributed by atoms with E-state index in [1.807, 2.05) is 53.4 Å². The normalized spacial score (nSPS) is 10.2. The van der Waals surface area contributed by atoms with E-state index in [1.165, 1.54) is 0 Å². The number of hydrogen-bond acceptors (Lipinski definition) is 2. The Hall–Kier alpha value is -3.01. The van der Waals surface area contributed by atoms with Crippen molar-refractivity contribution < 1.29 is 9.53 Å². The molecule has 3 aromatic rings. The number of rotatable bonds is 4. The van der Waals surface area contributed by atoms with Gasteiger partial charge in [0.05, 0.1) is 18.5 Å². The van der Waals surface area contributed by atoms with Crippen molar-refractivity contribution in [3.05, 3.63) is 78.6 Å². The molecule has 4 heteroatoms. The number of methoxy groups -OCH3 is 1. The maximum atomic E-state index is 12.4. The molecule has 0 saturated carbocycles. The average Bonchev–Trinajstić information content (AvgIpc) is 3.10. The van der Waals surface area contributed by atoms with Crippen molar-refractivity contribution in [1.29, 1.82) is 0 Å². The molecule has 2 aromatic carbocycles. The van der Waals surface area contributed by atoms with Crippen molar-refractivity contribution >= 4 is 11.6 Å². The first-order valence-corrected chi connectivity index (χ1v) is 6.96. The SMILES string of the molecule is COc1ccc(C(=O)Nc2ccccc2-n2cccc2)cc1. The minimum absolute atomic E-state index is 0.151. The molecular weight excluding hydrogens is 276 g/mol. The Balaban J connectivity index is 1.85. The standard InChI is InChI=1S/C18H16N2O2/c1-22-15-10-8-14(9-11-15)18(21)19-16-6-2-3-7-17(16)20-12-4-5-13-20/h2-13H,1H3,(H,19,21). The van der Waals surface area contributed by atoms with Crippen molar-refractivity contribution in [3.63, 3.8) is 0 Å². The third kappa shape index (κ3) is 2.86. The van der Waals surface area contributed by atoms with Gasteiger partial charge in [-0.2, -0.15) is 0 Å². The largest absolute Gasteiger partial charge is 0.497 e. The molecule has 0 saturated heterocycles. The van der Waals surface area contributed by atoms with Gasteiger partial charge in [0.15, 0.2) is 0 Å². The van der Waals surface area contributed by atoms with Crippen molar-refractivity contribution in [1.82, 2.24) is 4.57 Å². The van der Waals surface area contributed by atoms with Crippen molar-refractivity contribution in [2.45, 2.75) is 0 Å². The van der Waals surface area contributed by atoms with Crippen LogP contribution >= 0.6 is 0 Å². The monoisotopic (exact) mass is 292 g/mol. The zero-order valence-electron chi connectivity index (χ0n) is 12.2. The first-order valence-electron chi connectivity index (χ1n) is 6.96. The second kappa shape index (κ2) is 6.18. The van der Waals surface area contributed by atoms with Crippen LogP contribution in [0.5, 0.6) is 5.75 Å². The summed E-state index contributed by atoms with van der Waals surface area (Å²) in [5, 5.41) is 2.95. The summed E-state index contributed by atoms with van der Waals surface area (Å²) in [5.41, 5.74) is 2.27. The maximum absolute atomic E-state index is 12.4. The summed E-state index contributed by atoms with van der Waals surface area (Å²) < 4.78 is 7.06. The van der Waals surface area contributed by atoms with Crippen LogP contribution in [0.1, 0.15) is 10.4 Å². The van der Waals surface area contributed by atoms with Gasteiger partial charge in [0.25, 0.3) is 5.91 Å². The second-order valence-electron chi connectivity index (χ2n) is 4.79. The van der Waals surface area contributed by atoms with Gasteiger partial charge in [0.1, 0.15) is 5.75 Å². The molecule has 0 fully saturated rings. The summed E-state index contributed by atoms with van der Waals surface area (Å²) in [4.78, 5) is 12.4. The number of anilines is 1. The predicted molar refractivity (Wildman–Crippen MR) is 86.7 cm³/mol. The van der Waals surface area contributed by atoms with Crippen LogP contribution in [-0.4, -0.2) is 17.6 Å². The minimum atomic E-state index is -0.151. The summed E-state index contributed by atoms with van der Waals surface area (Å²) in [6.07, 6.45) is 3.89. The quantitative estimate of drug-likeness (QED) is 0.796. The molecule has 110 valence electrons. The van der Waals surface area contributed by atoms with Gasteiger partial charge in [0.2, 0.25) is 0 Å². The van der Waals surface area contributed by atoms with E-state index >= 15 is 0 Å². The number of para-hydroxylation sites is 2. The number of carbonyl (C=O) groups is 1. The van der Waals surface area contributed by atoms with E-state index in [2.05, 4.69) is 5.32 Å². The van der Waals surface area contributed by atoms with Gasteiger partial charge in [-0.05, 0) is 48.5 Å². The van der Waals surface area contributed by atoms with Gasteiger partial charge >= 0.3 is 0 Å². The smallest absolute Gasteiger partial charge is 0.255 e. The Kier molecular flexibility index (Phi) is 3.92. The lowest BCUT2D eigenvalue weighted by molar-refractivity contribution is 0.102. The molecule has 4 nitrogen and oxygen atoms in total. The van der Waals surface area contributed by atoms with E-state index in [0.29, 0.717) is 5.56 Å². The van der Waals surface area contributed by atoms with Crippen LogP contribution in [0, 0.1) is 0 Å². The fourth-order valence-corrected chi connectivity index (χ4v) is 2.24. The molecule has 0 radical (unpaired) electrons. The summed E-state index contributed by atoms with van der Waals surface area (Å²) in [5.74, 6) is 0.576. The molecule has 0 aliphatic carbocycles. The Morgan fingerprint density at radius 3 is 2.32 bits per heavy atom. The van der Waals surface area contributed by atoms with Crippen LogP contribution in [-0.2, 0) is 0 Å². The number of aromatic nitrogens is 1. The molecule has 22 heavy (non-hydrogen) atoms. The van der Waals surface area contributed by atoms with Crippen LogP contribution < -0.4 is 10.1 Å². The van der Waals surface area contributed by atoms with E-state index in [0.717, 1.165) is 17.1 Å². The Bertz CT molecular complexity index is 762. The van der Waals surface area contributed by atoms with Crippen molar-refractivity contribution in [2.24, 2.45) is 0 Å². The van der Waals surface area contributed by atoms with E-state index in [-0.39, 0.29) is 5.91 Å². The van der Waals surface area contributed by atoms with Gasteiger partial charge in [0, 0.05) is 18.0 Å². The summed E-state index contributed by atoms with van der Waals surface area (Å²) >= 11 is 0. The molecule has 0 spiro atoms. The summed E-state index contributed by atoms with van der Waals surface area (Å²) in [6.45, 7) is 0. The topological polar surface area (TPSA) is 43.3 Å². The number of carbonyl (C=O) groups excluding carboxylic acids is 1. The molecule has 1 heterocycles. The zero-order valence-corrected chi connectivity index (χ0v) is 12.2. The number of benzene rings is 2. The fourth-order valence-electron chi connectivity index (χ4n) is 2.24. The highest BCUT2D eigenvalue weighted by Crippen LogP contribution is 2.21. The minimum Gasteiger partial charge on any atom is -0.497 e. The molecular formula is C18H16N2O2. The molecule has 3 rings (SSSR count). The lowest BCUT2D eigenvalue weighted by Crippen LogP contribution is -2.13. The lowest BCUT2D eigenvalue weighted by atomic mass is 10.2. The summed E-state index contributed by atoms with van der Waals surface area (Å²) in [6, 6.07) is 18.6. The molecule has 1 amide bonds. The van der Waals surface area contributed by atoms with Crippen LogP contribution in [0.15, 0.2) is 73.1 Å². The van der Waals surface area contributed by atoms with E-state index in [4.69, 9.17) is 4.74 Å². The number of hydrogen-bond donors (Lipinski definition) is 1. The summed E-state index contributed by atoms with van der Waals surface area (Å²) in [7, 11) is 1.60. The Labute approximate surface area is 129 Å². The highest BCUT2D eigenvalue weighted by Gasteiger charge is 2.09. The third-order valence-electron chi connectivity index (χ3n) is 3.39. The fraction of sp³-hybridized carbons (Fsp3) is 0.0556.